The van der Waals surface area contributed by atoms with Crippen molar-refractivity contribution in [3.8, 4) is 0 Å². The maximum absolute atomic E-state index is 12.8. The van der Waals surface area contributed by atoms with E-state index in [9.17, 15) is 14.4 Å². The fraction of sp³-hybridized carbons (Fsp3) is 0.569. The average molecular weight is 883 g/mol. The van der Waals surface area contributed by atoms with Crippen LogP contribution in [0.25, 0.3) is 0 Å². The number of hydrogen-bond acceptors (Lipinski definition) is 6. The van der Waals surface area contributed by atoms with E-state index < -0.39 is 12.1 Å². The zero-order valence-corrected chi connectivity index (χ0v) is 40.7. The minimum Gasteiger partial charge on any atom is -0.462 e. The van der Waals surface area contributed by atoms with Gasteiger partial charge in [-0.15, -0.1) is 0 Å². The Balaban J connectivity index is 4.63. The number of carbonyl (C=O) groups is 3. The lowest BCUT2D eigenvalue weighted by molar-refractivity contribution is -0.166. The minimum atomic E-state index is -0.851. The van der Waals surface area contributed by atoms with Gasteiger partial charge in [0.1, 0.15) is 13.2 Å². The third-order valence-electron chi connectivity index (χ3n) is 9.94. The summed E-state index contributed by atoms with van der Waals surface area (Å²) in [4.78, 5) is 37.9. The lowest BCUT2D eigenvalue weighted by Gasteiger charge is -2.18. The van der Waals surface area contributed by atoms with Gasteiger partial charge in [0.2, 0.25) is 0 Å². The van der Waals surface area contributed by atoms with Crippen molar-refractivity contribution in [3.05, 3.63) is 134 Å². The van der Waals surface area contributed by atoms with Gasteiger partial charge in [0.05, 0.1) is 0 Å². The Labute approximate surface area is 392 Å². The average Bonchev–Trinajstić information content (AvgIpc) is 3.29. The Morgan fingerprint density at radius 2 is 0.734 bits per heavy atom. The molecule has 0 saturated carbocycles. The number of carbonyl (C=O) groups excluding carboxylic acids is 3. The van der Waals surface area contributed by atoms with Gasteiger partial charge < -0.3 is 14.2 Å². The first-order chi connectivity index (χ1) is 31.5. The van der Waals surface area contributed by atoms with Crippen molar-refractivity contribution in [1.82, 2.24) is 0 Å². The first kappa shape index (κ1) is 59.5. The summed E-state index contributed by atoms with van der Waals surface area (Å²) in [5, 5.41) is 0. The molecule has 0 saturated heterocycles. The van der Waals surface area contributed by atoms with Crippen molar-refractivity contribution in [1.29, 1.82) is 0 Å². The minimum absolute atomic E-state index is 0.139. The summed E-state index contributed by atoms with van der Waals surface area (Å²) in [6.45, 7) is 6.23. The summed E-state index contributed by atoms with van der Waals surface area (Å²) in [5.74, 6) is -1.11. The van der Waals surface area contributed by atoms with Crippen molar-refractivity contribution in [2.45, 2.75) is 200 Å². The largest absolute Gasteiger partial charge is 0.462 e. The maximum Gasteiger partial charge on any atom is 0.306 e. The molecule has 0 spiro atoms. The van der Waals surface area contributed by atoms with Crippen LogP contribution < -0.4 is 0 Å². The molecular weight excluding hydrogens is 793 g/mol. The summed E-state index contributed by atoms with van der Waals surface area (Å²) in [7, 11) is 0. The smallest absolute Gasteiger partial charge is 0.306 e. The molecule has 1 atom stereocenters. The van der Waals surface area contributed by atoms with Gasteiger partial charge in [-0.1, -0.05) is 206 Å². The first-order valence-electron chi connectivity index (χ1n) is 25.2. The molecule has 0 aliphatic heterocycles. The standard InChI is InChI=1S/C58H90O6/c1-4-7-10-13-16-19-22-25-27-29-31-33-36-39-42-45-48-51-57(60)63-54-55(53-62-56(59)50-47-44-41-38-35-32-24-21-18-15-12-9-6-3)64-58(61)52-49-46-43-40-37-34-30-28-26-23-20-17-14-11-8-5-2/h8-9,11-12,15,17-18,20-21,24-28,31,33-34,37,39,42-43,46,55H,4-7,10,13-14,16,19,22-23,29-30,32,35-36,38,40-41,44-45,47-54H2,1-3H3/b11-8+,12-9+,18-15+,20-17+,24-21+,27-25+,28-26+,33-31+,37-34+,42-39+,46-43+. The molecule has 0 aromatic rings. The van der Waals surface area contributed by atoms with E-state index in [-0.39, 0.29) is 38.0 Å². The van der Waals surface area contributed by atoms with E-state index in [1.807, 2.05) is 18.2 Å². The van der Waals surface area contributed by atoms with Gasteiger partial charge in [0.15, 0.2) is 6.10 Å². The second-order valence-corrected chi connectivity index (χ2v) is 16.0. The third-order valence-corrected chi connectivity index (χ3v) is 9.94. The Kier molecular flexibility index (Phi) is 47.6. The van der Waals surface area contributed by atoms with Crippen molar-refractivity contribution in [2.24, 2.45) is 0 Å². The summed E-state index contributed by atoms with van der Waals surface area (Å²) in [6, 6.07) is 0. The second kappa shape index (κ2) is 51.2. The zero-order chi connectivity index (χ0) is 46.5. The highest BCUT2D eigenvalue weighted by molar-refractivity contribution is 5.71. The molecule has 0 bridgehead atoms. The highest BCUT2D eigenvalue weighted by Crippen LogP contribution is 2.11. The van der Waals surface area contributed by atoms with Crippen LogP contribution in [0, 0.1) is 0 Å². The monoisotopic (exact) mass is 883 g/mol. The van der Waals surface area contributed by atoms with Gasteiger partial charge in [0.25, 0.3) is 0 Å². The highest BCUT2D eigenvalue weighted by atomic mass is 16.6. The molecule has 6 nitrogen and oxygen atoms in total. The van der Waals surface area contributed by atoms with Crippen molar-refractivity contribution in [3.63, 3.8) is 0 Å². The molecule has 0 amide bonds. The van der Waals surface area contributed by atoms with E-state index >= 15 is 0 Å². The van der Waals surface area contributed by atoms with Crippen LogP contribution in [-0.4, -0.2) is 37.2 Å². The Morgan fingerprint density at radius 1 is 0.344 bits per heavy atom. The normalized spacial score (nSPS) is 13.2. The van der Waals surface area contributed by atoms with Gasteiger partial charge in [-0.05, 0) is 103 Å². The fourth-order valence-electron chi connectivity index (χ4n) is 6.21. The van der Waals surface area contributed by atoms with Crippen molar-refractivity contribution >= 4 is 17.9 Å². The van der Waals surface area contributed by atoms with Gasteiger partial charge >= 0.3 is 17.9 Å². The zero-order valence-electron chi connectivity index (χ0n) is 40.7. The molecule has 0 aliphatic rings. The molecule has 0 aromatic carbocycles. The maximum atomic E-state index is 12.8. The third kappa shape index (κ3) is 48.6. The molecule has 6 heteroatoms. The lowest BCUT2D eigenvalue weighted by atomic mass is 10.1. The number of allylic oxidation sites excluding steroid dienone is 22. The van der Waals surface area contributed by atoms with E-state index in [4.69, 9.17) is 14.2 Å². The number of esters is 3. The molecule has 0 heterocycles. The SMILES string of the molecule is CC/C=C/C=C/C=C/CCCCCCCC(=O)OCC(COC(=O)CCC/C=C/C/C=C/C/C=C/CCCCCCCC)OC(=O)CC/C=C/C/C=C/C/C=C/C/C=C/C/C=C/CC. The molecule has 64 heavy (non-hydrogen) atoms. The molecule has 0 N–H and O–H groups in total. The summed E-state index contributed by atoms with van der Waals surface area (Å²) >= 11 is 0. The number of ether oxygens (including phenoxy) is 3. The highest BCUT2D eigenvalue weighted by Gasteiger charge is 2.19. The predicted molar refractivity (Wildman–Crippen MR) is 274 cm³/mol. The predicted octanol–water partition coefficient (Wildman–Crippen LogP) is 16.7. The molecule has 0 aliphatic carbocycles. The van der Waals surface area contributed by atoms with Crippen LogP contribution >= 0.6 is 0 Å². The van der Waals surface area contributed by atoms with E-state index in [2.05, 4.69) is 136 Å². The molecule has 0 aromatic heterocycles. The van der Waals surface area contributed by atoms with Crippen LogP contribution in [0.15, 0.2) is 134 Å². The molecule has 0 fully saturated rings. The molecule has 358 valence electrons. The number of unbranched alkanes of at least 4 members (excludes halogenated alkanes) is 12. The number of rotatable bonds is 43. The van der Waals surface area contributed by atoms with Crippen LogP contribution in [0.4, 0.5) is 0 Å². The van der Waals surface area contributed by atoms with Crippen LogP contribution in [0.2, 0.25) is 0 Å². The molecular formula is C58H90O6. The second-order valence-electron chi connectivity index (χ2n) is 16.0. The summed E-state index contributed by atoms with van der Waals surface area (Å²) in [5.41, 5.74) is 0. The summed E-state index contributed by atoms with van der Waals surface area (Å²) in [6.07, 6.45) is 71.7. The van der Waals surface area contributed by atoms with Gasteiger partial charge in [-0.2, -0.15) is 0 Å². The van der Waals surface area contributed by atoms with E-state index in [0.29, 0.717) is 19.3 Å². The van der Waals surface area contributed by atoms with Crippen molar-refractivity contribution in [2.75, 3.05) is 13.2 Å². The first-order valence-corrected chi connectivity index (χ1v) is 25.2. The van der Waals surface area contributed by atoms with E-state index in [1.165, 1.54) is 44.9 Å². The molecule has 1 unspecified atom stereocenters. The van der Waals surface area contributed by atoms with Crippen LogP contribution in [0.1, 0.15) is 194 Å². The Hall–Kier alpha value is -4.45. The molecule has 0 rings (SSSR count). The van der Waals surface area contributed by atoms with Gasteiger partial charge in [-0.25, -0.2) is 0 Å². The topological polar surface area (TPSA) is 78.9 Å². The summed E-state index contributed by atoms with van der Waals surface area (Å²) < 4.78 is 16.6. The van der Waals surface area contributed by atoms with E-state index in [1.54, 1.807) is 0 Å². The lowest BCUT2D eigenvalue weighted by Crippen LogP contribution is -2.30. The molecule has 0 radical (unpaired) electrons. The van der Waals surface area contributed by atoms with Crippen LogP contribution in [0.3, 0.4) is 0 Å². The van der Waals surface area contributed by atoms with Crippen LogP contribution in [-0.2, 0) is 28.6 Å². The fourth-order valence-corrected chi connectivity index (χ4v) is 6.21. The number of hydrogen-bond donors (Lipinski definition) is 0. The van der Waals surface area contributed by atoms with Crippen LogP contribution in [0.5, 0.6) is 0 Å². The Bertz CT molecular complexity index is 1430. The van der Waals surface area contributed by atoms with E-state index in [0.717, 1.165) is 96.3 Å². The Morgan fingerprint density at radius 3 is 1.25 bits per heavy atom. The van der Waals surface area contributed by atoms with Gasteiger partial charge in [-0.3, -0.25) is 14.4 Å². The quantitative estimate of drug-likeness (QED) is 0.0200. The van der Waals surface area contributed by atoms with Crippen molar-refractivity contribution < 1.29 is 28.6 Å². The van der Waals surface area contributed by atoms with Gasteiger partial charge in [0, 0.05) is 19.3 Å².